The molecule has 0 aliphatic rings. The maximum atomic E-state index is 13.9. The van der Waals surface area contributed by atoms with E-state index in [1.54, 1.807) is 0 Å². The number of H-pyrrole nitrogens is 1. The molecule has 14 heteroatoms. The molecule has 180 valence electrons. The van der Waals surface area contributed by atoms with E-state index in [1.807, 2.05) is 6.92 Å². The maximum Gasteiger partial charge on any atom is 0.332 e. The van der Waals surface area contributed by atoms with Gasteiger partial charge in [-0.1, -0.05) is 13.3 Å². The molecule has 4 aromatic rings. The van der Waals surface area contributed by atoms with Gasteiger partial charge < -0.3 is 4.98 Å². The van der Waals surface area contributed by atoms with E-state index in [0.717, 1.165) is 17.4 Å². The Kier molecular flexibility index (Phi) is 6.82. The summed E-state index contributed by atoms with van der Waals surface area (Å²) >= 11 is 5.92. The van der Waals surface area contributed by atoms with Crippen molar-refractivity contribution >= 4 is 22.8 Å². The molecule has 0 amide bonds. The summed E-state index contributed by atoms with van der Waals surface area (Å²) in [4.78, 5) is 33.7. The molecule has 0 spiro atoms. The summed E-state index contributed by atoms with van der Waals surface area (Å²) in [6.45, 7) is 2.62. The van der Waals surface area contributed by atoms with Crippen LogP contribution in [-0.4, -0.2) is 39.3 Å². The van der Waals surface area contributed by atoms with Gasteiger partial charge in [0.05, 0.1) is 6.54 Å². The first-order chi connectivity index (χ1) is 16.3. The average Bonchev–Trinajstić information content (AvgIpc) is 3.39. The smallest absolute Gasteiger partial charge is 0.323 e. The highest BCUT2D eigenvalue weighted by Gasteiger charge is 2.17. The number of rotatable bonds is 9. The summed E-state index contributed by atoms with van der Waals surface area (Å²) in [6.07, 6.45) is 1.55. The van der Waals surface area contributed by atoms with Crippen LogP contribution in [0.4, 0.5) is 13.2 Å². The molecule has 0 unspecified atom stereocenters. The number of hydrogen-bond acceptors (Lipinski definition) is 6. The van der Waals surface area contributed by atoms with Crippen LogP contribution in [0.25, 0.3) is 11.2 Å². The second kappa shape index (κ2) is 9.79. The van der Waals surface area contributed by atoms with Crippen molar-refractivity contribution in [2.45, 2.75) is 52.2 Å². The van der Waals surface area contributed by atoms with Gasteiger partial charge in [0, 0.05) is 37.2 Å². The molecule has 0 saturated heterocycles. The van der Waals surface area contributed by atoms with Crippen LogP contribution < -0.4 is 11.2 Å². The van der Waals surface area contributed by atoms with E-state index in [1.165, 1.54) is 9.36 Å². The summed E-state index contributed by atoms with van der Waals surface area (Å²) in [5, 5.41) is 11.7. The number of benzene rings is 1. The summed E-state index contributed by atoms with van der Waals surface area (Å²) in [7, 11) is 0. The van der Waals surface area contributed by atoms with Gasteiger partial charge in [0.1, 0.15) is 17.5 Å². The number of unbranched alkanes of at least 4 members (excludes halogenated alkanes) is 1. The maximum absolute atomic E-state index is 13.9. The largest absolute Gasteiger partial charge is 0.332 e. The molecule has 3 heterocycles. The lowest BCUT2D eigenvalue weighted by Crippen LogP contribution is -2.40. The summed E-state index contributed by atoms with van der Waals surface area (Å²) in [5.74, 6) is -3.06. The van der Waals surface area contributed by atoms with E-state index >= 15 is 0 Å². The van der Waals surface area contributed by atoms with Gasteiger partial charge in [-0.15, -0.1) is 10.2 Å². The number of aromatic nitrogens is 8. The van der Waals surface area contributed by atoms with E-state index in [9.17, 15) is 22.8 Å². The number of halogens is 4. The van der Waals surface area contributed by atoms with E-state index in [2.05, 4.69) is 25.4 Å². The van der Waals surface area contributed by atoms with Gasteiger partial charge in [-0.2, -0.15) is 9.78 Å². The second-order valence-electron chi connectivity index (χ2n) is 7.65. The zero-order valence-corrected chi connectivity index (χ0v) is 18.8. The molecule has 34 heavy (non-hydrogen) atoms. The van der Waals surface area contributed by atoms with Gasteiger partial charge >= 0.3 is 5.69 Å². The van der Waals surface area contributed by atoms with E-state index in [0.29, 0.717) is 25.1 Å². The molecule has 1 N–H and O–H groups in total. The Labute approximate surface area is 195 Å². The van der Waals surface area contributed by atoms with Crippen molar-refractivity contribution in [3.8, 4) is 0 Å². The standard InChI is InChI=1S/C20H20ClF3N8O2/c1-2-3-5-30-17-16(25-19(21)26-17)18(33)31(20(30)34)6-4-7-32-28-15(27-29-32)10-12-13(23)8-11(22)9-14(12)24/h8-9H,2-7,10H2,1H3,(H,25,26). The molecule has 0 bridgehead atoms. The van der Waals surface area contributed by atoms with Gasteiger partial charge in [-0.25, -0.2) is 18.0 Å². The van der Waals surface area contributed by atoms with Gasteiger partial charge in [0.25, 0.3) is 5.56 Å². The third kappa shape index (κ3) is 4.74. The first-order valence-electron chi connectivity index (χ1n) is 10.6. The van der Waals surface area contributed by atoms with Crippen molar-refractivity contribution in [2.75, 3.05) is 0 Å². The molecule has 0 saturated carbocycles. The molecule has 0 radical (unpaired) electrons. The minimum absolute atomic E-state index is 0.0165. The molecular formula is C20H20ClF3N8O2. The summed E-state index contributed by atoms with van der Waals surface area (Å²) < 4.78 is 43.3. The molecule has 0 aliphatic heterocycles. The van der Waals surface area contributed by atoms with Crippen LogP contribution >= 0.6 is 11.6 Å². The third-order valence-corrected chi connectivity index (χ3v) is 5.42. The molecule has 10 nitrogen and oxygen atoms in total. The first-order valence-corrected chi connectivity index (χ1v) is 10.9. The third-order valence-electron chi connectivity index (χ3n) is 5.24. The van der Waals surface area contributed by atoms with Crippen LogP contribution in [0.15, 0.2) is 21.7 Å². The number of aromatic amines is 1. The number of aryl methyl sites for hydroxylation is 2. The number of hydrogen-bond donors (Lipinski definition) is 1. The molecule has 1 aromatic carbocycles. The van der Waals surface area contributed by atoms with Crippen molar-refractivity contribution < 1.29 is 13.2 Å². The topological polar surface area (TPSA) is 116 Å². The van der Waals surface area contributed by atoms with Gasteiger partial charge in [0.15, 0.2) is 17.0 Å². The summed E-state index contributed by atoms with van der Waals surface area (Å²) in [5.41, 5.74) is -1.05. The van der Waals surface area contributed by atoms with Crippen molar-refractivity contribution in [3.05, 3.63) is 67.1 Å². The molecule has 0 fully saturated rings. The van der Waals surface area contributed by atoms with Crippen LogP contribution in [0, 0.1) is 17.5 Å². The van der Waals surface area contributed by atoms with Crippen molar-refractivity contribution in [3.63, 3.8) is 0 Å². The van der Waals surface area contributed by atoms with Gasteiger partial charge in [0.2, 0.25) is 5.28 Å². The monoisotopic (exact) mass is 496 g/mol. The predicted octanol–water partition coefficient (Wildman–Crippen LogP) is 2.42. The minimum atomic E-state index is -1.04. The van der Waals surface area contributed by atoms with Gasteiger partial charge in [-0.05, 0) is 29.7 Å². The number of nitrogens with one attached hydrogen (secondary N) is 1. The Morgan fingerprint density at radius 2 is 1.74 bits per heavy atom. The van der Waals surface area contributed by atoms with Crippen LogP contribution in [0.3, 0.4) is 0 Å². The molecule has 3 aromatic heterocycles. The van der Waals surface area contributed by atoms with Crippen molar-refractivity contribution in [1.82, 2.24) is 39.3 Å². The van der Waals surface area contributed by atoms with Crippen LogP contribution in [0.5, 0.6) is 0 Å². The Bertz CT molecular complexity index is 1440. The average molecular weight is 497 g/mol. The lowest BCUT2D eigenvalue weighted by molar-refractivity contribution is 0.451. The zero-order chi connectivity index (χ0) is 24.4. The lowest BCUT2D eigenvalue weighted by Gasteiger charge is -2.10. The SMILES string of the molecule is CCCCn1c(=O)n(CCCn2nnc(Cc3c(F)cc(F)cc3F)n2)c(=O)c2[nH]c(Cl)nc21. The van der Waals surface area contributed by atoms with Crippen LogP contribution in [0.1, 0.15) is 37.6 Å². The number of fused-ring (bicyclic) bond motifs is 1. The van der Waals surface area contributed by atoms with E-state index in [4.69, 9.17) is 11.6 Å². The molecule has 0 aliphatic carbocycles. The Balaban J connectivity index is 1.49. The fourth-order valence-corrected chi connectivity index (χ4v) is 3.74. The number of tetrazole rings is 1. The van der Waals surface area contributed by atoms with Gasteiger partial charge in [-0.3, -0.25) is 13.9 Å². The van der Waals surface area contributed by atoms with E-state index < -0.39 is 28.7 Å². The summed E-state index contributed by atoms with van der Waals surface area (Å²) in [6, 6.07) is 1.16. The highest BCUT2D eigenvalue weighted by molar-refractivity contribution is 6.28. The Hall–Kier alpha value is -3.48. The highest BCUT2D eigenvalue weighted by Crippen LogP contribution is 2.17. The molecule has 0 atom stereocenters. The number of imidazole rings is 1. The quantitative estimate of drug-likeness (QED) is 0.356. The number of nitrogens with zero attached hydrogens (tertiary/aromatic N) is 7. The van der Waals surface area contributed by atoms with E-state index in [-0.39, 0.29) is 47.3 Å². The predicted molar refractivity (Wildman–Crippen MR) is 116 cm³/mol. The molecular weight excluding hydrogens is 477 g/mol. The Morgan fingerprint density at radius 3 is 2.44 bits per heavy atom. The second-order valence-corrected chi connectivity index (χ2v) is 8.01. The minimum Gasteiger partial charge on any atom is -0.323 e. The Morgan fingerprint density at radius 1 is 1.03 bits per heavy atom. The first kappa shape index (κ1) is 23.7. The lowest BCUT2D eigenvalue weighted by atomic mass is 10.1. The van der Waals surface area contributed by atoms with Crippen molar-refractivity contribution in [2.24, 2.45) is 0 Å². The van der Waals surface area contributed by atoms with Crippen molar-refractivity contribution in [1.29, 1.82) is 0 Å². The van der Waals surface area contributed by atoms with Crippen LogP contribution in [0.2, 0.25) is 5.28 Å². The van der Waals surface area contributed by atoms with Crippen LogP contribution in [-0.2, 0) is 26.1 Å². The fraction of sp³-hybridized carbons (Fsp3) is 0.400. The zero-order valence-electron chi connectivity index (χ0n) is 18.1. The highest BCUT2D eigenvalue weighted by atomic mass is 35.5. The normalized spacial score (nSPS) is 11.6. The fourth-order valence-electron chi connectivity index (χ4n) is 3.56. The molecule has 4 rings (SSSR count).